The normalized spacial score (nSPS) is 11.3. The summed E-state index contributed by atoms with van der Waals surface area (Å²) in [7, 11) is 1.01. The number of nitrogens with one attached hydrogen (secondary N) is 2. The van der Waals surface area contributed by atoms with Crippen LogP contribution in [0.25, 0.3) is 0 Å². The number of hydrogen-bond acceptors (Lipinski definition) is 5. The third kappa shape index (κ3) is 4.09. The summed E-state index contributed by atoms with van der Waals surface area (Å²) in [6.07, 6.45) is 0.702. The maximum Gasteiger partial charge on any atom is 0.247 e. The van der Waals surface area contributed by atoms with E-state index in [-0.39, 0.29) is 16.4 Å². The zero-order valence-corrected chi connectivity index (χ0v) is 12.2. The van der Waals surface area contributed by atoms with Crippen LogP contribution in [0.5, 0.6) is 11.5 Å². The zero-order valence-electron chi connectivity index (χ0n) is 11.4. The molecule has 1 aromatic rings. The molecule has 0 fully saturated rings. The maximum absolute atomic E-state index is 12.3. The number of ether oxygens (including phenoxy) is 2. The quantitative estimate of drug-likeness (QED) is 0.685. The van der Waals surface area contributed by atoms with Gasteiger partial charge in [0.15, 0.2) is 4.90 Å². The molecule has 108 valence electrons. The predicted octanol–water partition coefficient (Wildman–Crippen LogP) is 0.592. The summed E-state index contributed by atoms with van der Waals surface area (Å²) in [5.41, 5.74) is 0. The van der Waals surface area contributed by atoms with Crippen molar-refractivity contribution in [3.05, 3.63) is 18.2 Å². The van der Waals surface area contributed by atoms with Crippen LogP contribution in [-0.4, -0.2) is 42.8 Å². The first-order valence-corrected chi connectivity index (χ1v) is 7.40. The first kappa shape index (κ1) is 15.7. The molecule has 0 atom stereocenters. The number of hydrogen-bond donors (Lipinski definition) is 2. The summed E-state index contributed by atoms with van der Waals surface area (Å²) in [6.45, 7) is 1.09. The highest BCUT2D eigenvalue weighted by Crippen LogP contribution is 2.32. The summed E-state index contributed by atoms with van der Waals surface area (Å²) < 4.78 is 37.2. The SMILES string of the molecule is CNCCCNS(=O)(=O)c1c(OC)cccc1OC. The van der Waals surface area contributed by atoms with E-state index in [4.69, 9.17) is 9.47 Å². The van der Waals surface area contributed by atoms with E-state index in [1.807, 2.05) is 7.05 Å². The van der Waals surface area contributed by atoms with Gasteiger partial charge in [-0.15, -0.1) is 0 Å². The predicted molar refractivity (Wildman–Crippen MR) is 73.3 cm³/mol. The zero-order chi connectivity index (χ0) is 14.3. The molecule has 0 aromatic heterocycles. The van der Waals surface area contributed by atoms with Crippen LogP contribution in [0.1, 0.15) is 6.42 Å². The Kier molecular flexibility index (Phi) is 6.07. The molecule has 0 heterocycles. The molecule has 0 aliphatic carbocycles. The van der Waals surface area contributed by atoms with Crippen molar-refractivity contribution in [3.8, 4) is 11.5 Å². The Morgan fingerprint density at radius 2 is 1.68 bits per heavy atom. The lowest BCUT2D eigenvalue weighted by molar-refractivity contribution is 0.373. The molecule has 0 aliphatic rings. The monoisotopic (exact) mass is 288 g/mol. The molecule has 7 heteroatoms. The van der Waals surface area contributed by atoms with E-state index in [9.17, 15) is 8.42 Å². The van der Waals surface area contributed by atoms with Gasteiger partial charge in [0.25, 0.3) is 0 Å². The van der Waals surface area contributed by atoms with Gasteiger partial charge in [-0.3, -0.25) is 0 Å². The van der Waals surface area contributed by atoms with E-state index in [1.165, 1.54) is 14.2 Å². The minimum absolute atomic E-state index is 0.0319. The lowest BCUT2D eigenvalue weighted by Gasteiger charge is -2.14. The Hall–Kier alpha value is -1.31. The Morgan fingerprint density at radius 3 is 2.16 bits per heavy atom. The van der Waals surface area contributed by atoms with Crippen molar-refractivity contribution in [2.75, 3.05) is 34.4 Å². The summed E-state index contributed by atoms with van der Waals surface area (Å²) in [4.78, 5) is 0.0319. The molecule has 0 saturated carbocycles. The standard InChI is InChI=1S/C12H20N2O4S/c1-13-8-5-9-14-19(15,16)12-10(17-2)6-4-7-11(12)18-3/h4,6-7,13-14H,5,8-9H2,1-3H3. The van der Waals surface area contributed by atoms with Crippen molar-refractivity contribution in [3.63, 3.8) is 0 Å². The highest BCUT2D eigenvalue weighted by molar-refractivity contribution is 7.89. The summed E-state index contributed by atoms with van der Waals surface area (Å²) in [5, 5.41) is 2.95. The molecular formula is C12H20N2O4S. The van der Waals surface area contributed by atoms with Gasteiger partial charge in [0.1, 0.15) is 11.5 Å². The van der Waals surface area contributed by atoms with Gasteiger partial charge in [-0.2, -0.15) is 0 Å². The second-order valence-corrected chi connectivity index (χ2v) is 5.55. The van der Waals surface area contributed by atoms with Crippen LogP contribution in [0.3, 0.4) is 0 Å². The fraction of sp³-hybridized carbons (Fsp3) is 0.500. The molecule has 2 N–H and O–H groups in total. The summed E-state index contributed by atoms with van der Waals surface area (Å²) in [6, 6.07) is 4.85. The molecule has 0 aliphatic heterocycles. The largest absolute Gasteiger partial charge is 0.495 e. The van der Waals surface area contributed by atoms with Crippen LogP contribution in [0, 0.1) is 0 Å². The highest BCUT2D eigenvalue weighted by Gasteiger charge is 2.23. The molecule has 6 nitrogen and oxygen atoms in total. The Bertz CT molecular complexity index is 480. The van der Waals surface area contributed by atoms with E-state index in [2.05, 4.69) is 10.0 Å². The van der Waals surface area contributed by atoms with Gasteiger partial charge in [0.2, 0.25) is 10.0 Å². The Labute approximate surface area is 114 Å². The van der Waals surface area contributed by atoms with Gasteiger partial charge < -0.3 is 14.8 Å². The molecule has 1 aromatic carbocycles. The van der Waals surface area contributed by atoms with E-state index < -0.39 is 10.0 Å². The van der Waals surface area contributed by atoms with E-state index >= 15 is 0 Å². The number of sulfonamides is 1. The third-order valence-corrected chi connectivity index (χ3v) is 4.07. The van der Waals surface area contributed by atoms with Gasteiger partial charge in [0, 0.05) is 6.54 Å². The van der Waals surface area contributed by atoms with Crippen LogP contribution in [0.15, 0.2) is 23.1 Å². The highest BCUT2D eigenvalue weighted by atomic mass is 32.2. The Morgan fingerprint density at radius 1 is 1.11 bits per heavy atom. The first-order chi connectivity index (χ1) is 9.06. The van der Waals surface area contributed by atoms with E-state index in [0.29, 0.717) is 13.0 Å². The van der Waals surface area contributed by atoms with Crippen molar-refractivity contribution in [2.45, 2.75) is 11.3 Å². The topological polar surface area (TPSA) is 76.7 Å². The molecule has 19 heavy (non-hydrogen) atoms. The third-order valence-electron chi connectivity index (χ3n) is 2.55. The lowest BCUT2D eigenvalue weighted by Crippen LogP contribution is -2.27. The van der Waals surface area contributed by atoms with Crippen molar-refractivity contribution in [2.24, 2.45) is 0 Å². The van der Waals surface area contributed by atoms with Gasteiger partial charge in [-0.1, -0.05) is 6.07 Å². The molecule has 0 radical (unpaired) electrons. The van der Waals surface area contributed by atoms with Gasteiger partial charge >= 0.3 is 0 Å². The second-order valence-electron chi connectivity index (χ2n) is 3.85. The number of methoxy groups -OCH3 is 2. The molecular weight excluding hydrogens is 268 g/mol. The molecule has 0 amide bonds. The van der Waals surface area contributed by atoms with Crippen molar-refractivity contribution < 1.29 is 17.9 Å². The van der Waals surface area contributed by atoms with Crippen molar-refractivity contribution in [1.82, 2.24) is 10.0 Å². The molecule has 0 saturated heterocycles. The average Bonchev–Trinajstić information content (AvgIpc) is 2.42. The smallest absolute Gasteiger partial charge is 0.247 e. The van der Waals surface area contributed by atoms with Crippen LogP contribution in [0.4, 0.5) is 0 Å². The van der Waals surface area contributed by atoms with Crippen LogP contribution in [0.2, 0.25) is 0 Å². The lowest BCUT2D eigenvalue weighted by atomic mass is 10.3. The summed E-state index contributed by atoms with van der Waals surface area (Å²) >= 11 is 0. The molecule has 1 rings (SSSR count). The van der Waals surface area contributed by atoms with Crippen LogP contribution in [-0.2, 0) is 10.0 Å². The van der Waals surface area contributed by atoms with Gasteiger partial charge in [0.05, 0.1) is 14.2 Å². The fourth-order valence-electron chi connectivity index (χ4n) is 1.63. The number of rotatable bonds is 8. The Balaban J connectivity index is 2.99. The average molecular weight is 288 g/mol. The first-order valence-electron chi connectivity index (χ1n) is 5.92. The minimum Gasteiger partial charge on any atom is -0.495 e. The van der Waals surface area contributed by atoms with Crippen LogP contribution < -0.4 is 19.5 Å². The minimum atomic E-state index is -3.65. The number of benzene rings is 1. The maximum atomic E-state index is 12.3. The van der Waals surface area contributed by atoms with Crippen molar-refractivity contribution in [1.29, 1.82) is 0 Å². The molecule has 0 bridgehead atoms. The van der Waals surface area contributed by atoms with Crippen molar-refractivity contribution >= 4 is 10.0 Å². The fourth-order valence-corrected chi connectivity index (χ4v) is 3.02. The summed E-state index contributed by atoms with van der Waals surface area (Å²) in [5.74, 6) is 0.529. The van der Waals surface area contributed by atoms with E-state index in [0.717, 1.165) is 6.54 Å². The molecule has 0 spiro atoms. The van der Waals surface area contributed by atoms with Gasteiger partial charge in [-0.05, 0) is 32.1 Å². The van der Waals surface area contributed by atoms with Gasteiger partial charge in [-0.25, -0.2) is 13.1 Å². The van der Waals surface area contributed by atoms with Crippen LogP contribution >= 0.6 is 0 Å². The second kappa shape index (κ2) is 7.32. The van der Waals surface area contributed by atoms with E-state index in [1.54, 1.807) is 18.2 Å². The molecule has 0 unspecified atom stereocenters.